The van der Waals surface area contributed by atoms with Crippen molar-refractivity contribution in [3.8, 4) is 5.75 Å². The second-order valence-corrected chi connectivity index (χ2v) is 6.38. The number of hydrogen-bond acceptors (Lipinski definition) is 4. The molecule has 0 bridgehead atoms. The average molecular weight is 350 g/mol. The predicted octanol–water partition coefficient (Wildman–Crippen LogP) is 4.76. The van der Waals surface area contributed by atoms with E-state index in [4.69, 9.17) is 25.8 Å². The molecule has 0 saturated carbocycles. The second kappa shape index (κ2) is 8.65. The van der Waals surface area contributed by atoms with Gasteiger partial charge in [0.25, 0.3) is 0 Å². The molecule has 1 aliphatic heterocycles. The summed E-state index contributed by atoms with van der Waals surface area (Å²) in [7, 11) is 0. The number of aromatic nitrogens is 1. The predicted molar refractivity (Wildman–Crippen MR) is 95.8 cm³/mol. The molecule has 5 heteroatoms. The molecule has 4 nitrogen and oxygen atoms in total. The highest BCUT2D eigenvalue weighted by atomic mass is 35.5. The molecule has 0 radical (unpaired) electrons. The molecule has 1 unspecified atom stereocenters. The summed E-state index contributed by atoms with van der Waals surface area (Å²) in [6.07, 6.45) is 6.82. The fourth-order valence-corrected chi connectivity index (χ4v) is 3.20. The standard InChI is InChI=1S/C19H24ClNO3/c1-2-22-18-13-17-15(16(20)8-9-21-17)12-14(18)6-5-11-24-19-7-3-4-10-23-19/h8-9,12-13,19H,2-7,10-11H2,1H3. The Morgan fingerprint density at radius 3 is 3.04 bits per heavy atom. The Morgan fingerprint density at radius 2 is 2.25 bits per heavy atom. The molecule has 3 rings (SSSR count). The minimum atomic E-state index is -0.0274. The van der Waals surface area contributed by atoms with E-state index < -0.39 is 0 Å². The Morgan fingerprint density at radius 1 is 1.33 bits per heavy atom. The SMILES string of the molecule is CCOc1cc2nccc(Cl)c2cc1CCCOC1CCCCO1. The van der Waals surface area contributed by atoms with Crippen LogP contribution in [0.1, 0.15) is 38.2 Å². The smallest absolute Gasteiger partial charge is 0.157 e. The lowest BCUT2D eigenvalue weighted by atomic mass is 10.1. The first-order chi connectivity index (χ1) is 11.8. The van der Waals surface area contributed by atoms with Crippen LogP contribution < -0.4 is 4.74 Å². The molecule has 24 heavy (non-hydrogen) atoms. The van der Waals surface area contributed by atoms with Crippen LogP contribution in [0.5, 0.6) is 5.75 Å². The number of ether oxygens (including phenoxy) is 3. The van der Waals surface area contributed by atoms with Crippen LogP contribution in [0.25, 0.3) is 10.9 Å². The molecule has 1 fully saturated rings. The molecule has 2 aromatic rings. The van der Waals surface area contributed by atoms with Crippen molar-refractivity contribution in [2.24, 2.45) is 0 Å². The van der Waals surface area contributed by atoms with Gasteiger partial charge in [-0.15, -0.1) is 0 Å². The van der Waals surface area contributed by atoms with Crippen LogP contribution in [-0.2, 0) is 15.9 Å². The summed E-state index contributed by atoms with van der Waals surface area (Å²) in [6.45, 7) is 4.12. The summed E-state index contributed by atoms with van der Waals surface area (Å²) in [4.78, 5) is 4.38. The van der Waals surface area contributed by atoms with E-state index >= 15 is 0 Å². The van der Waals surface area contributed by atoms with Crippen molar-refractivity contribution < 1.29 is 14.2 Å². The zero-order valence-electron chi connectivity index (χ0n) is 14.1. The largest absolute Gasteiger partial charge is 0.494 e. The van der Waals surface area contributed by atoms with Crippen LogP contribution in [0.15, 0.2) is 24.4 Å². The Kier molecular flexibility index (Phi) is 6.30. The van der Waals surface area contributed by atoms with Crippen LogP contribution in [0.3, 0.4) is 0 Å². The Bertz CT molecular complexity index is 671. The minimum absolute atomic E-state index is 0.0274. The molecule has 2 heterocycles. The van der Waals surface area contributed by atoms with E-state index in [0.29, 0.717) is 13.2 Å². The van der Waals surface area contributed by atoms with Crippen molar-refractivity contribution in [1.82, 2.24) is 4.98 Å². The molecule has 1 atom stereocenters. The molecule has 1 aromatic carbocycles. The van der Waals surface area contributed by atoms with Crippen molar-refractivity contribution in [2.75, 3.05) is 19.8 Å². The van der Waals surface area contributed by atoms with Gasteiger partial charge < -0.3 is 14.2 Å². The number of rotatable bonds is 7. The van der Waals surface area contributed by atoms with Crippen molar-refractivity contribution in [1.29, 1.82) is 0 Å². The van der Waals surface area contributed by atoms with Gasteiger partial charge >= 0.3 is 0 Å². The molecule has 0 spiro atoms. The fraction of sp³-hybridized carbons (Fsp3) is 0.526. The Balaban J connectivity index is 1.65. The third-order valence-corrected chi connectivity index (χ3v) is 4.53. The van der Waals surface area contributed by atoms with E-state index in [0.717, 1.165) is 59.5 Å². The first-order valence-electron chi connectivity index (χ1n) is 8.71. The average Bonchev–Trinajstić information content (AvgIpc) is 2.61. The minimum Gasteiger partial charge on any atom is -0.494 e. The van der Waals surface area contributed by atoms with Gasteiger partial charge in [0, 0.05) is 24.3 Å². The van der Waals surface area contributed by atoms with Gasteiger partial charge in [-0.2, -0.15) is 0 Å². The highest BCUT2D eigenvalue weighted by Crippen LogP contribution is 2.30. The maximum Gasteiger partial charge on any atom is 0.157 e. The van der Waals surface area contributed by atoms with E-state index in [1.54, 1.807) is 6.20 Å². The molecule has 1 saturated heterocycles. The van der Waals surface area contributed by atoms with Crippen LogP contribution >= 0.6 is 11.6 Å². The normalized spacial score (nSPS) is 18.0. The second-order valence-electron chi connectivity index (χ2n) is 5.97. The van der Waals surface area contributed by atoms with Gasteiger partial charge in [0.1, 0.15) is 5.75 Å². The summed E-state index contributed by atoms with van der Waals surface area (Å²) < 4.78 is 17.2. The first-order valence-corrected chi connectivity index (χ1v) is 9.09. The molecule has 130 valence electrons. The third-order valence-electron chi connectivity index (χ3n) is 4.20. The van der Waals surface area contributed by atoms with Crippen molar-refractivity contribution in [3.05, 3.63) is 35.0 Å². The number of nitrogens with zero attached hydrogens (tertiary/aromatic N) is 1. The fourth-order valence-electron chi connectivity index (χ4n) is 2.99. The number of halogens is 1. The number of hydrogen-bond donors (Lipinski definition) is 0. The van der Waals surface area contributed by atoms with Crippen molar-refractivity contribution in [2.45, 2.75) is 45.3 Å². The van der Waals surface area contributed by atoms with Gasteiger partial charge in [0.2, 0.25) is 0 Å². The number of pyridine rings is 1. The molecule has 0 N–H and O–H groups in total. The number of benzene rings is 1. The van der Waals surface area contributed by atoms with Gasteiger partial charge in [-0.1, -0.05) is 11.6 Å². The van der Waals surface area contributed by atoms with Gasteiger partial charge in [-0.05, 0) is 56.7 Å². The molecule has 0 aliphatic carbocycles. The summed E-state index contributed by atoms with van der Waals surface area (Å²) in [6, 6.07) is 5.88. The van der Waals surface area contributed by atoms with Gasteiger partial charge in [-0.25, -0.2) is 0 Å². The summed E-state index contributed by atoms with van der Waals surface area (Å²) in [5.41, 5.74) is 2.01. The first kappa shape index (κ1) is 17.5. The lowest BCUT2D eigenvalue weighted by molar-refractivity contribution is -0.162. The van der Waals surface area contributed by atoms with Gasteiger partial charge in [-0.3, -0.25) is 4.98 Å². The summed E-state index contributed by atoms with van der Waals surface area (Å²) in [5, 5.41) is 1.69. The van der Waals surface area contributed by atoms with E-state index in [9.17, 15) is 0 Å². The Labute approximate surface area is 148 Å². The zero-order chi connectivity index (χ0) is 16.8. The van der Waals surface area contributed by atoms with E-state index in [-0.39, 0.29) is 6.29 Å². The summed E-state index contributed by atoms with van der Waals surface area (Å²) >= 11 is 6.30. The zero-order valence-corrected chi connectivity index (χ0v) is 14.8. The lowest BCUT2D eigenvalue weighted by Gasteiger charge is -2.22. The quantitative estimate of drug-likeness (QED) is 0.675. The van der Waals surface area contributed by atoms with E-state index in [1.165, 1.54) is 6.42 Å². The highest BCUT2D eigenvalue weighted by Gasteiger charge is 2.14. The molecule has 0 amide bonds. The van der Waals surface area contributed by atoms with Crippen molar-refractivity contribution >= 4 is 22.5 Å². The Hall–Kier alpha value is -1.36. The topological polar surface area (TPSA) is 40.6 Å². The van der Waals surface area contributed by atoms with Crippen LogP contribution in [-0.4, -0.2) is 31.1 Å². The van der Waals surface area contributed by atoms with Crippen LogP contribution in [0.4, 0.5) is 0 Å². The molecule has 1 aromatic heterocycles. The molecule has 1 aliphatic rings. The van der Waals surface area contributed by atoms with E-state index in [1.807, 2.05) is 19.1 Å². The van der Waals surface area contributed by atoms with E-state index in [2.05, 4.69) is 11.1 Å². The maximum absolute atomic E-state index is 6.30. The van der Waals surface area contributed by atoms with Gasteiger partial charge in [0.05, 0.1) is 23.8 Å². The molecular weight excluding hydrogens is 326 g/mol. The third kappa shape index (κ3) is 4.38. The molecular formula is C19H24ClNO3. The summed E-state index contributed by atoms with van der Waals surface area (Å²) in [5.74, 6) is 0.883. The van der Waals surface area contributed by atoms with Gasteiger partial charge in [0.15, 0.2) is 6.29 Å². The maximum atomic E-state index is 6.30. The van der Waals surface area contributed by atoms with Crippen LogP contribution in [0, 0.1) is 0 Å². The number of fused-ring (bicyclic) bond motifs is 1. The van der Waals surface area contributed by atoms with Crippen molar-refractivity contribution in [3.63, 3.8) is 0 Å². The lowest BCUT2D eigenvalue weighted by Crippen LogP contribution is -2.22. The monoisotopic (exact) mass is 349 g/mol. The number of aryl methyl sites for hydroxylation is 1. The highest BCUT2D eigenvalue weighted by molar-refractivity contribution is 6.35. The van der Waals surface area contributed by atoms with Crippen LogP contribution in [0.2, 0.25) is 5.02 Å².